The predicted octanol–water partition coefficient (Wildman–Crippen LogP) is 7.06. The van der Waals surface area contributed by atoms with E-state index in [1.54, 1.807) is 60.7 Å². The van der Waals surface area contributed by atoms with E-state index in [-0.39, 0.29) is 4.90 Å². The Kier molecular flexibility index (Phi) is 6.52. The van der Waals surface area contributed by atoms with Gasteiger partial charge in [0, 0.05) is 16.7 Å². The molecular weight excluding hydrogens is 474 g/mol. The SMILES string of the molecule is C#Cc1ccccc1N(c1ccccc1C#Cc1cccc2ccccc12)S(=O)(=O)c1ccc(C)cc1. The fourth-order valence-electron chi connectivity index (χ4n) is 4.20. The summed E-state index contributed by atoms with van der Waals surface area (Å²) in [6.07, 6.45) is 5.79. The fourth-order valence-corrected chi connectivity index (χ4v) is 5.73. The van der Waals surface area contributed by atoms with Crippen LogP contribution in [-0.2, 0) is 10.0 Å². The van der Waals surface area contributed by atoms with Gasteiger partial charge >= 0.3 is 0 Å². The lowest BCUT2D eigenvalue weighted by molar-refractivity contribution is 0.596. The monoisotopic (exact) mass is 497 g/mol. The maximum atomic E-state index is 14.1. The molecule has 0 radical (unpaired) electrons. The standard InChI is InChI=1S/C33H23NO2S/c1-3-26-11-5-8-17-32(26)34(37(35,36)30-23-19-25(2)20-24-30)33-18-9-6-13-29(33)22-21-28-15-10-14-27-12-4-7-16-31(27)28/h1,4-20,23-24H,2H3. The van der Waals surface area contributed by atoms with Gasteiger partial charge in [0.15, 0.2) is 0 Å². The van der Waals surface area contributed by atoms with Gasteiger partial charge in [-0.1, -0.05) is 96.1 Å². The molecule has 0 fully saturated rings. The van der Waals surface area contributed by atoms with Crippen molar-refractivity contribution in [3.8, 4) is 24.2 Å². The summed E-state index contributed by atoms with van der Waals surface area (Å²) in [6.45, 7) is 1.92. The van der Waals surface area contributed by atoms with Gasteiger partial charge < -0.3 is 0 Å². The van der Waals surface area contributed by atoms with Crippen molar-refractivity contribution >= 4 is 32.2 Å². The Labute approximate surface area is 218 Å². The summed E-state index contributed by atoms with van der Waals surface area (Å²) in [5.74, 6) is 9.13. The third-order valence-corrected chi connectivity index (χ3v) is 7.82. The van der Waals surface area contributed by atoms with Crippen molar-refractivity contribution in [1.29, 1.82) is 0 Å². The van der Waals surface area contributed by atoms with Crippen LogP contribution in [0.2, 0.25) is 0 Å². The number of benzene rings is 5. The molecule has 0 bridgehead atoms. The molecular formula is C33H23NO2S. The van der Waals surface area contributed by atoms with Crippen molar-refractivity contribution in [2.24, 2.45) is 0 Å². The average molecular weight is 498 g/mol. The molecule has 0 amide bonds. The van der Waals surface area contributed by atoms with Gasteiger partial charge in [0.05, 0.1) is 16.3 Å². The van der Waals surface area contributed by atoms with Crippen LogP contribution in [0.15, 0.2) is 120 Å². The number of para-hydroxylation sites is 2. The molecule has 4 heteroatoms. The number of terminal acetylenes is 1. The van der Waals surface area contributed by atoms with Crippen LogP contribution in [0.4, 0.5) is 11.4 Å². The molecule has 0 saturated carbocycles. The third kappa shape index (κ3) is 4.71. The highest BCUT2D eigenvalue weighted by Gasteiger charge is 2.29. The Bertz CT molecular complexity index is 1810. The van der Waals surface area contributed by atoms with Gasteiger partial charge in [0.2, 0.25) is 0 Å². The zero-order valence-electron chi connectivity index (χ0n) is 20.2. The van der Waals surface area contributed by atoms with Crippen LogP contribution in [0.3, 0.4) is 0 Å². The third-order valence-electron chi connectivity index (χ3n) is 6.08. The Morgan fingerprint density at radius 1 is 0.622 bits per heavy atom. The van der Waals surface area contributed by atoms with E-state index in [1.807, 2.05) is 61.5 Å². The minimum atomic E-state index is -4.03. The summed E-state index contributed by atoms with van der Waals surface area (Å²) < 4.78 is 29.6. The second kappa shape index (κ2) is 10.1. The van der Waals surface area contributed by atoms with Gasteiger partial charge in [-0.15, -0.1) is 6.42 Å². The number of hydrogen-bond acceptors (Lipinski definition) is 2. The van der Waals surface area contributed by atoms with Gasteiger partial charge in [-0.2, -0.15) is 0 Å². The van der Waals surface area contributed by atoms with E-state index < -0.39 is 10.0 Å². The molecule has 37 heavy (non-hydrogen) atoms. The second-order valence-electron chi connectivity index (χ2n) is 8.54. The number of sulfonamides is 1. The molecule has 0 unspecified atom stereocenters. The first-order chi connectivity index (χ1) is 18.0. The van der Waals surface area contributed by atoms with Gasteiger partial charge in [-0.25, -0.2) is 12.7 Å². The molecule has 5 rings (SSSR count). The van der Waals surface area contributed by atoms with Crippen LogP contribution in [0, 0.1) is 31.1 Å². The van der Waals surface area contributed by atoms with E-state index in [0.29, 0.717) is 22.5 Å². The van der Waals surface area contributed by atoms with Crippen molar-refractivity contribution in [3.05, 3.63) is 138 Å². The van der Waals surface area contributed by atoms with Crippen molar-refractivity contribution in [1.82, 2.24) is 0 Å². The highest BCUT2D eigenvalue weighted by Crippen LogP contribution is 2.36. The Hall–Kier alpha value is -4.77. The summed E-state index contributed by atoms with van der Waals surface area (Å²) >= 11 is 0. The van der Waals surface area contributed by atoms with E-state index >= 15 is 0 Å². The van der Waals surface area contributed by atoms with E-state index in [9.17, 15) is 8.42 Å². The van der Waals surface area contributed by atoms with Crippen LogP contribution in [0.1, 0.15) is 22.3 Å². The van der Waals surface area contributed by atoms with Gasteiger partial charge in [0.25, 0.3) is 10.0 Å². The molecule has 5 aromatic carbocycles. The van der Waals surface area contributed by atoms with Crippen LogP contribution >= 0.6 is 0 Å². The maximum absolute atomic E-state index is 14.1. The highest BCUT2D eigenvalue weighted by molar-refractivity contribution is 7.93. The molecule has 0 aromatic heterocycles. The Balaban J connectivity index is 1.72. The summed E-state index contributed by atoms with van der Waals surface area (Å²) in [6, 6.07) is 35.1. The van der Waals surface area contributed by atoms with Crippen molar-refractivity contribution < 1.29 is 8.42 Å². The average Bonchev–Trinajstić information content (AvgIpc) is 2.93. The molecule has 0 aliphatic heterocycles. The first-order valence-electron chi connectivity index (χ1n) is 11.8. The quantitative estimate of drug-likeness (QED) is 0.249. The van der Waals surface area contributed by atoms with Gasteiger partial charge in [-0.3, -0.25) is 0 Å². The first kappa shape index (κ1) is 23.9. The zero-order chi connectivity index (χ0) is 25.8. The number of aryl methyl sites for hydroxylation is 1. The summed E-state index contributed by atoms with van der Waals surface area (Å²) in [5, 5.41) is 2.13. The number of anilines is 2. The minimum Gasteiger partial charge on any atom is -0.232 e. The molecule has 0 spiro atoms. The topological polar surface area (TPSA) is 37.4 Å². The molecule has 178 valence electrons. The number of rotatable bonds is 4. The van der Waals surface area contributed by atoms with E-state index in [2.05, 4.69) is 17.8 Å². The first-order valence-corrected chi connectivity index (χ1v) is 13.2. The van der Waals surface area contributed by atoms with E-state index in [1.165, 1.54) is 4.31 Å². The second-order valence-corrected chi connectivity index (χ2v) is 10.3. The molecule has 0 N–H and O–H groups in total. The van der Waals surface area contributed by atoms with Crippen molar-refractivity contribution in [3.63, 3.8) is 0 Å². The molecule has 0 atom stereocenters. The Morgan fingerprint density at radius 2 is 1.16 bits per heavy atom. The molecule has 0 saturated heterocycles. The van der Waals surface area contributed by atoms with Crippen molar-refractivity contribution in [2.45, 2.75) is 11.8 Å². The highest BCUT2D eigenvalue weighted by atomic mass is 32.2. The Morgan fingerprint density at radius 3 is 1.89 bits per heavy atom. The molecule has 3 nitrogen and oxygen atoms in total. The van der Waals surface area contributed by atoms with Crippen molar-refractivity contribution in [2.75, 3.05) is 4.31 Å². The van der Waals surface area contributed by atoms with Crippen LogP contribution < -0.4 is 4.31 Å². The normalized spacial score (nSPS) is 10.8. The summed E-state index contributed by atoms with van der Waals surface area (Å²) in [5.41, 5.74) is 3.69. The number of fused-ring (bicyclic) bond motifs is 1. The zero-order valence-corrected chi connectivity index (χ0v) is 21.0. The van der Waals surface area contributed by atoms with Crippen LogP contribution in [0.5, 0.6) is 0 Å². The lowest BCUT2D eigenvalue weighted by Gasteiger charge is -2.27. The predicted molar refractivity (Wildman–Crippen MR) is 151 cm³/mol. The smallest absolute Gasteiger partial charge is 0.232 e. The molecule has 5 aromatic rings. The van der Waals surface area contributed by atoms with Gasteiger partial charge in [-0.05, 0) is 60.2 Å². The lowest BCUT2D eigenvalue weighted by Crippen LogP contribution is -2.27. The molecule has 0 aliphatic rings. The number of nitrogens with zero attached hydrogens (tertiary/aromatic N) is 1. The fraction of sp³-hybridized carbons (Fsp3) is 0.0303. The summed E-state index contributed by atoms with van der Waals surface area (Å²) in [7, 11) is -4.03. The van der Waals surface area contributed by atoms with Gasteiger partial charge in [0.1, 0.15) is 0 Å². The minimum absolute atomic E-state index is 0.168. The largest absolute Gasteiger partial charge is 0.268 e. The van der Waals surface area contributed by atoms with Crippen LogP contribution in [0.25, 0.3) is 10.8 Å². The number of hydrogen-bond donors (Lipinski definition) is 0. The van der Waals surface area contributed by atoms with E-state index in [4.69, 9.17) is 6.42 Å². The molecule has 0 heterocycles. The van der Waals surface area contributed by atoms with E-state index in [0.717, 1.165) is 21.9 Å². The summed E-state index contributed by atoms with van der Waals surface area (Å²) in [4.78, 5) is 0.168. The van der Waals surface area contributed by atoms with Crippen LogP contribution in [-0.4, -0.2) is 8.42 Å². The molecule has 0 aliphatic carbocycles. The lowest BCUT2D eigenvalue weighted by atomic mass is 10.0. The maximum Gasteiger partial charge on any atom is 0.268 e.